The van der Waals surface area contributed by atoms with Crippen LogP contribution in [0.25, 0.3) is 6.08 Å². The molecule has 0 unspecified atom stereocenters. The highest BCUT2D eigenvalue weighted by atomic mass is 16.6. The maximum absolute atomic E-state index is 12.3. The topological polar surface area (TPSA) is 81.7 Å². The number of rotatable bonds is 10. The zero-order valence-electron chi connectivity index (χ0n) is 17.6. The van der Waals surface area contributed by atoms with Gasteiger partial charge in [-0.1, -0.05) is 31.4 Å². The number of ether oxygens (including phenoxy) is 2. The van der Waals surface area contributed by atoms with Crippen LogP contribution >= 0.6 is 0 Å². The highest BCUT2D eigenvalue weighted by molar-refractivity contribution is 6.07. The van der Waals surface area contributed by atoms with Crippen molar-refractivity contribution in [1.82, 2.24) is 0 Å². The fourth-order valence-electron chi connectivity index (χ4n) is 2.32. The lowest BCUT2D eigenvalue weighted by atomic mass is 10.1. The molecule has 1 N–H and O–H groups in total. The molecule has 6 heteroatoms. The standard InChI is InChI=1S/C25H25NO5/c1-17(2)24(28)26-21-10-8-20(9-11-21)23(27)14-7-19-5-12-22(13-6-19)30-15-16-31-25(29)18(3)4/h5-14H,1,3,15-16H2,2,4H3,(H,26,28)/b14-7+. The minimum atomic E-state index is -0.444. The molecule has 2 rings (SSSR count). The second kappa shape index (κ2) is 11.3. The SMILES string of the molecule is C=C(C)C(=O)Nc1ccc(C(=O)/C=C/c2ccc(OCCOC(=O)C(=C)C)cc2)cc1. The zero-order valence-corrected chi connectivity index (χ0v) is 17.6. The normalized spacial score (nSPS) is 10.4. The molecule has 0 spiro atoms. The summed E-state index contributed by atoms with van der Waals surface area (Å²) >= 11 is 0. The average molecular weight is 419 g/mol. The van der Waals surface area contributed by atoms with Crippen molar-refractivity contribution in [2.45, 2.75) is 13.8 Å². The summed E-state index contributed by atoms with van der Waals surface area (Å²) in [5.41, 5.74) is 2.69. The molecule has 0 heterocycles. The van der Waals surface area contributed by atoms with Crippen LogP contribution in [0.5, 0.6) is 5.75 Å². The van der Waals surface area contributed by atoms with E-state index < -0.39 is 5.97 Å². The number of hydrogen-bond acceptors (Lipinski definition) is 5. The summed E-state index contributed by atoms with van der Waals surface area (Å²) in [6.45, 7) is 10.7. The van der Waals surface area contributed by atoms with Gasteiger partial charge < -0.3 is 14.8 Å². The Morgan fingerprint density at radius 3 is 2.13 bits per heavy atom. The number of benzene rings is 2. The van der Waals surface area contributed by atoms with Gasteiger partial charge in [-0.05, 0) is 61.9 Å². The Labute approximate surface area is 181 Å². The van der Waals surface area contributed by atoms with E-state index >= 15 is 0 Å². The summed E-state index contributed by atoms with van der Waals surface area (Å²) in [7, 11) is 0. The maximum atomic E-state index is 12.3. The van der Waals surface area contributed by atoms with Crippen LogP contribution in [0.15, 0.2) is 78.9 Å². The molecule has 0 aromatic heterocycles. The van der Waals surface area contributed by atoms with Crippen LogP contribution < -0.4 is 10.1 Å². The summed E-state index contributed by atoms with van der Waals surface area (Å²) in [5.74, 6) is -0.237. The summed E-state index contributed by atoms with van der Waals surface area (Å²) in [6.07, 6.45) is 3.19. The predicted molar refractivity (Wildman–Crippen MR) is 121 cm³/mol. The number of amides is 1. The van der Waals surface area contributed by atoms with E-state index in [0.29, 0.717) is 28.1 Å². The lowest BCUT2D eigenvalue weighted by molar-refractivity contribution is -0.139. The molecule has 0 aliphatic heterocycles. The number of carbonyl (C=O) groups excluding carboxylic acids is 3. The second-order valence-corrected chi connectivity index (χ2v) is 6.84. The molecular weight excluding hydrogens is 394 g/mol. The van der Waals surface area contributed by atoms with Gasteiger partial charge in [-0.25, -0.2) is 4.79 Å². The quantitative estimate of drug-likeness (QED) is 0.264. The van der Waals surface area contributed by atoms with Gasteiger partial charge in [-0.3, -0.25) is 9.59 Å². The first-order valence-corrected chi connectivity index (χ1v) is 9.61. The molecule has 0 bridgehead atoms. The molecule has 0 saturated heterocycles. The highest BCUT2D eigenvalue weighted by Crippen LogP contribution is 2.15. The van der Waals surface area contributed by atoms with Crippen LogP contribution in [0, 0.1) is 0 Å². The Hall–Kier alpha value is -3.93. The molecule has 1 amide bonds. The maximum Gasteiger partial charge on any atom is 0.333 e. The van der Waals surface area contributed by atoms with Gasteiger partial charge in [0.05, 0.1) is 0 Å². The number of nitrogens with one attached hydrogen (secondary N) is 1. The van der Waals surface area contributed by atoms with E-state index in [9.17, 15) is 14.4 Å². The van der Waals surface area contributed by atoms with E-state index in [4.69, 9.17) is 9.47 Å². The predicted octanol–water partition coefficient (Wildman–Crippen LogP) is 4.60. The summed E-state index contributed by atoms with van der Waals surface area (Å²) in [5, 5.41) is 2.69. The minimum Gasteiger partial charge on any atom is -0.490 e. The fraction of sp³-hybridized carbons (Fsp3) is 0.160. The number of esters is 1. The number of anilines is 1. The first kappa shape index (κ1) is 23.3. The van der Waals surface area contributed by atoms with Crippen molar-refractivity contribution >= 4 is 29.4 Å². The molecular formula is C25H25NO5. The van der Waals surface area contributed by atoms with Crippen molar-refractivity contribution in [3.8, 4) is 5.75 Å². The van der Waals surface area contributed by atoms with E-state index in [2.05, 4.69) is 18.5 Å². The van der Waals surface area contributed by atoms with Gasteiger partial charge in [0, 0.05) is 22.4 Å². The van der Waals surface area contributed by atoms with Crippen LogP contribution in [-0.2, 0) is 14.3 Å². The van der Waals surface area contributed by atoms with Crippen molar-refractivity contribution in [2.75, 3.05) is 18.5 Å². The molecule has 0 aliphatic carbocycles. The molecule has 6 nitrogen and oxygen atoms in total. The third-order valence-corrected chi connectivity index (χ3v) is 4.06. The average Bonchev–Trinajstić information content (AvgIpc) is 2.76. The Kier molecular flexibility index (Phi) is 8.52. The molecule has 0 saturated carbocycles. The number of ketones is 1. The lowest BCUT2D eigenvalue weighted by Crippen LogP contribution is -2.12. The van der Waals surface area contributed by atoms with Crippen LogP contribution in [0.1, 0.15) is 29.8 Å². The Morgan fingerprint density at radius 1 is 0.903 bits per heavy atom. The third-order valence-electron chi connectivity index (χ3n) is 4.06. The van der Waals surface area contributed by atoms with Crippen molar-refractivity contribution in [1.29, 1.82) is 0 Å². The molecule has 160 valence electrons. The summed E-state index contributed by atoms with van der Waals surface area (Å²) < 4.78 is 10.5. The van der Waals surface area contributed by atoms with Gasteiger partial charge in [-0.15, -0.1) is 0 Å². The smallest absolute Gasteiger partial charge is 0.333 e. The molecule has 0 radical (unpaired) electrons. The number of carbonyl (C=O) groups is 3. The van der Waals surface area contributed by atoms with Gasteiger partial charge in [-0.2, -0.15) is 0 Å². The third kappa shape index (κ3) is 7.78. The zero-order chi connectivity index (χ0) is 22.8. The monoisotopic (exact) mass is 419 g/mol. The van der Waals surface area contributed by atoms with Gasteiger partial charge >= 0.3 is 5.97 Å². The molecule has 2 aromatic rings. The van der Waals surface area contributed by atoms with E-state index in [-0.39, 0.29) is 24.9 Å². The van der Waals surface area contributed by atoms with E-state index in [1.54, 1.807) is 56.3 Å². The van der Waals surface area contributed by atoms with Crippen LogP contribution in [0.2, 0.25) is 0 Å². The van der Waals surface area contributed by atoms with Gasteiger partial charge in [0.15, 0.2) is 5.78 Å². The minimum absolute atomic E-state index is 0.136. The van der Waals surface area contributed by atoms with Crippen LogP contribution in [-0.4, -0.2) is 30.9 Å². The molecule has 0 fully saturated rings. The Bertz CT molecular complexity index is 1000. The first-order valence-electron chi connectivity index (χ1n) is 9.61. The highest BCUT2D eigenvalue weighted by Gasteiger charge is 2.05. The molecule has 0 atom stereocenters. The Morgan fingerprint density at radius 2 is 1.55 bits per heavy atom. The molecule has 31 heavy (non-hydrogen) atoms. The van der Waals surface area contributed by atoms with Crippen LogP contribution in [0.4, 0.5) is 5.69 Å². The number of allylic oxidation sites excluding steroid dienone is 1. The van der Waals surface area contributed by atoms with E-state index in [0.717, 1.165) is 5.56 Å². The summed E-state index contributed by atoms with van der Waals surface area (Å²) in [6, 6.07) is 13.8. The second-order valence-electron chi connectivity index (χ2n) is 6.84. The first-order chi connectivity index (χ1) is 14.8. The van der Waals surface area contributed by atoms with E-state index in [1.807, 2.05) is 12.1 Å². The fourth-order valence-corrected chi connectivity index (χ4v) is 2.32. The van der Waals surface area contributed by atoms with Gasteiger partial charge in [0.25, 0.3) is 5.91 Å². The summed E-state index contributed by atoms with van der Waals surface area (Å²) in [4.78, 5) is 35.2. The van der Waals surface area contributed by atoms with Gasteiger partial charge in [0.2, 0.25) is 0 Å². The van der Waals surface area contributed by atoms with Crippen molar-refractivity contribution in [3.63, 3.8) is 0 Å². The Balaban J connectivity index is 1.85. The number of hydrogen-bond donors (Lipinski definition) is 1. The van der Waals surface area contributed by atoms with Gasteiger partial charge in [0.1, 0.15) is 19.0 Å². The van der Waals surface area contributed by atoms with E-state index in [1.165, 1.54) is 6.08 Å². The lowest BCUT2D eigenvalue weighted by Gasteiger charge is -2.07. The van der Waals surface area contributed by atoms with Crippen molar-refractivity contribution in [2.24, 2.45) is 0 Å². The van der Waals surface area contributed by atoms with Crippen LogP contribution in [0.3, 0.4) is 0 Å². The molecule has 2 aromatic carbocycles. The molecule has 0 aliphatic rings. The largest absolute Gasteiger partial charge is 0.490 e. The van der Waals surface area contributed by atoms with Crippen molar-refractivity contribution < 1.29 is 23.9 Å². The van der Waals surface area contributed by atoms with Crippen molar-refractivity contribution in [3.05, 3.63) is 90.0 Å².